The van der Waals surface area contributed by atoms with Crippen LogP contribution in [0.1, 0.15) is 11.9 Å². The summed E-state index contributed by atoms with van der Waals surface area (Å²) in [4.78, 5) is 20.3. The van der Waals surface area contributed by atoms with Crippen LogP contribution in [0.4, 0.5) is 0 Å². The highest BCUT2D eigenvalue weighted by Gasteiger charge is 2.09. The minimum atomic E-state index is -0.327. The molecule has 0 N–H and O–H groups in total. The van der Waals surface area contributed by atoms with E-state index in [0.29, 0.717) is 5.57 Å². The summed E-state index contributed by atoms with van der Waals surface area (Å²) < 4.78 is 5.67. The Labute approximate surface area is 123 Å². The highest BCUT2D eigenvalue weighted by Crippen LogP contribution is 2.28. The van der Waals surface area contributed by atoms with E-state index < -0.39 is 0 Å². The summed E-state index contributed by atoms with van der Waals surface area (Å²) in [6.45, 7) is 5.39. The summed E-state index contributed by atoms with van der Waals surface area (Å²) in [5, 5.41) is 0.748. The molecule has 0 amide bonds. The lowest BCUT2D eigenvalue weighted by Gasteiger charge is -2.01. The van der Waals surface area contributed by atoms with E-state index in [0.717, 1.165) is 20.2 Å². The number of carbonyl (C=O) groups excluding carboxylic acids is 1. The van der Waals surface area contributed by atoms with Gasteiger partial charge in [0.2, 0.25) is 0 Å². The molecule has 0 spiro atoms. The van der Waals surface area contributed by atoms with Gasteiger partial charge in [-0.15, -0.1) is 11.3 Å². The molecule has 2 heterocycles. The number of aromatic nitrogens is 2. The van der Waals surface area contributed by atoms with E-state index in [2.05, 4.69) is 32.5 Å². The summed E-state index contributed by atoms with van der Waals surface area (Å²) in [5.41, 5.74) is 1.53. The van der Waals surface area contributed by atoms with Crippen LogP contribution >= 0.6 is 27.3 Å². The van der Waals surface area contributed by atoms with E-state index in [1.54, 1.807) is 6.20 Å². The van der Waals surface area contributed by atoms with Crippen LogP contribution in [0.5, 0.6) is 0 Å². The summed E-state index contributed by atoms with van der Waals surface area (Å²) in [6, 6.07) is 5.70. The van der Waals surface area contributed by atoms with Gasteiger partial charge in [0.15, 0.2) is 0 Å². The first-order valence-corrected chi connectivity index (χ1v) is 7.07. The van der Waals surface area contributed by atoms with Gasteiger partial charge in [0.1, 0.15) is 16.2 Å². The van der Waals surface area contributed by atoms with Gasteiger partial charge in [0, 0.05) is 18.7 Å². The van der Waals surface area contributed by atoms with Crippen LogP contribution in [-0.2, 0) is 9.53 Å². The number of esters is 1. The number of carbonyl (C=O) groups is 1. The van der Waals surface area contributed by atoms with Gasteiger partial charge in [-0.05, 0) is 28.1 Å². The Bertz CT molecular complexity index is 625. The molecule has 0 aliphatic carbocycles. The Kier molecular flexibility index (Phi) is 4.44. The van der Waals surface area contributed by atoms with E-state index in [1.165, 1.54) is 18.3 Å². The number of hydrogen-bond donors (Lipinski definition) is 0. The minimum absolute atomic E-state index is 0.161. The van der Waals surface area contributed by atoms with Gasteiger partial charge >= 0.3 is 5.97 Å². The number of nitrogens with zero attached hydrogens (tertiary/aromatic N) is 2. The lowest BCUT2D eigenvalue weighted by molar-refractivity contribution is -0.139. The van der Waals surface area contributed by atoms with Gasteiger partial charge in [-0.2, -0.15) is 0 Å². The molecule has 0 saturated heterocycles. The zero-order chi connectivity index (χ0) is 13.8. The van der Waals surface area contributed by atoms with Gasteiger partial charge in [-0.25, -0.2) is 9.97 Å². The fraction of sp³-hybridized carbons (Fsp3) is 0.154. The number of hydrogen-bond acceptors (Lipinski definition) is 5. The third-order valence-corrected chi connectivity index (χ3v) is 3.79. The SMILES string of the molecule is C=C(COC(C)=O)c1ncc(-c2cccc(Br)n2)s1. The van der Waals surface area contributed by atoms with Crippen LogP contribution in [0.2, 0.25) is 0 Å². The summed E-state index contributed by atoms with van der Waals surface area (Å²) in [5.74, 6) is -0.327. The number of rotatable bonds is 4. The van der Waals surface area contributed by atoms with Crippen LogP contribution in [-0.4, -0.2) is 22.5 Å². The molecule has 98 valence electrons. The molecule has 0 atom stereocenters. The highest BCUT2D eigenvalue weighted by molar-refractivity contribution is 9.10. The molecule has 0 aliphatic heterocycles. The van der Waals surface area contributed by atoms with Crippen LogP contribution in [0.3, 0.4) is 0 Å². The lowest BCUT2D eigenvalue weighted by Crippen LogP contribution is -2.01. The van der Waals surface area contributed by atoms with Crippen molar-refractivity contribution >= 4 is 38.8 Å². The second kappa shape index (κ2) is 6.08. The topological polar surface area (TPSA) is 52.1 Å². The second-order valence-electron chi connectivity index (χ2n) is 3.76. The molecule has 2 aromatic heterocycles. The molecule has 0 saturated carbocycles. The first-order valence-electron chi connectivity index (χ1n) is 5.46. The first kappa shape index (κ1) is 13.9. The van der Waals surface area contributed by atoms with E-state index in [4.69, 9.17) is 4.74 Å². The van der Waals surface area contributed by atoms with Crippen molar-refractivity contribution in [2.75, 3.05) is 6.61 Å². The van der Waals surface area contributed by atoms with Gasteiger partial charge in [0.05, 0.1) is 10.6 Å². The molecule has 0 bridgehead atoms. The van der Waals surface area contributed by atoms with Crippen molar-refractivity contribution in [3.05, 3.63) is 40.6 Å². The van der Waals surface area contributed by atoms with Gasteiger partial charge in [0.25, 0.3) is 0 Å². The Morgan fingerprint density at radius 2 is 2.32 bits per heavy atom. The van der Waals surface area contributed by atoms with Gasteiger partial charge in [-0.3, -0.25) is 4.79 Å². The van der Waals surface area contributed by atoms with Crippen LogP contribution in [0.15, 0.2) is 35.6 Å². The van der Waals surface area contributed by atoms with E-state index in [-0.39, 0.29) is 12.6 Å². The maximum Gasteiger partial charge on any atom is 0.302 e. The largest absolute Gasteiger partial charge is 0.461 e. The smallest absolute Gasteiger partial charge is 0.302 e. The molecule has 4 nitrogen and oxygen atoms in total. The molecule has 2 aromatic rings. The van der Waals surface area contributed by atoms with Crippen LogP contribution in [0, 0.1) is 0 Å². The fourth-order valence-corrected chi connectivity index (χ4v) is 2.54. The molecule has 0 unspecified atom stereocenters. The fourth-order valence-electron chi connectivity index (χ4n) is 1.35. The van der Waals surface area contributed by atoms with Crippen LogP contribution in [0.25, 0.3) is 16.1 Å². The quantitative estimate of drug-likeness (QED) is 0.631. The number of pyridine rings is 1. The zero-order valence-corrected chi connectivity index (χ0v) is 12.6. The number of halogens is 1. The molecule has 0 fully saturated rings. The average Bonchev–Trinajstić information content (AvgIpc) is 2.85. The van der Waals surface area contributed by atoms with Crippen molar-refractivity contribution in [3.63, 3.8) is 0 Å². The van der Waals surface area contributed by atoms with Crippen molar-refractivity contribution in [2.24, 2.45) is 0 Å². The van der Waals surface area contributed by atoms with E-state index >= 15 is 0 Å². The maximum absolute atomic E-state index is 10.7. The van der Waals surface area contributed by atoms with Crippen molar-refractivity contribution in [2.45, 2.75) is 6.92 Å². The summed E-state index contributed by atoms with van der Waals surface area (Å²) in [7, 11) is 0. The Balaban J connectivity index is 2.15. The Hall–Kier alpha value is -1.53. The molecule has 0 radical (unpaired) electrons. The second-order valence-corrected chi connectivity index (χ2v) is 5.60. The zero-order valence-electron chi connectivity index (χ0n) is 10.2. The van der Waals surface area contributed by atoms with Crippen molar-refractivity contribution in [1.82, 2.24) is 9.97 Å². The lowest BCUT2D eigenvalue weighted by atomic mass is 10.3. The normalized spacial score (nSPS) is 10.2. The Morgan fingerprint density at radius 3 is 3.00 bits per heavy atom. The average molecular weight is 339 g/mol. The van der Waals surface area contributed by atoms with Crippen molar-refractivity contribution in [3.8, 4) is 10.6 Å². The van der Waals surface area contributed by atoms with E-state index in [1.807, 2.05) is 18.2 Å². The minimum Gasteiger partial charge on any atom is -0.461 e. The van der Waals surface area contributed by atoms with Gasteiger partial charge < -0.3 is 4.74 Å². The molecule has 6 heteroatoms. The third kappa shape index (κ3) is 3.71. The van der Waals surface area contributed by atoms with Crippen molar-refractivity contribution in [1.29, 1.82) is 0 Å². The van der Waals surface area contributed by atoms with Crippen molar-refractivity contribution < 1.29 is 9.53 Å². The summed E-state index contributed by atoms with van der Waals surface area (Å²) >= 11 is 4.80. The third-order valence-electron chi connectivity index (χ3n) is 2.23. The predicted molar refractivity (Wildman–Crippen MR) is 78.7 cm³/mol. The standard InChI is InChI=1S/C13H11BrN2O2S/c1-8(7-18-9(2)17)13-15-6-11(19-13)10-4-3-5-12(14)16-10/h3-6H,1,7H2,2H3. The molecular weight excluding hydrogens is 328 g/mol. The molecule has 2 rings (SSSR count). The number of ether oxygens (including phenoxy) is 1. The molecule has 0 aliphatic rings. The van der Waals surface area contributed by atoms with Crippen LogP contribution < -0.4 is 0 Å². The molecule has 0 aromatic carbocycles. The first-order chi connectivity index (χ1) is 9.06. The Morgan fingerprint density at radius 1 is 1.53 bits per heavy atom. The molecular formula is C13H11BrN2O2S. The monoisotopic (exact) mass is 338 g/mol. The van der Waals surface area contributed by atoms with E-state index in [9.17, 15) is 4.79 Å². The number of thiazole rings is 1. The highest BCUT2D eigenvalue weighted by atomic mass is 79.9. The molecule has 19 heavy (non-hydrogen) atoms. The predicted octanol–water partition coefficient (Wildman–Crippen LogP) is 3.54. The maximum atomic E-state index is 10.7. The summed E-state index contributed by atoms with van der Waals surface area (Å²) in [6.07, 6.45) is 1.74. The van der Waals surface area contributed by atoms with Gasteiger partial charge in [-0.1, -0.05) is 12.6 Å².